The standard InChI is InChI=1S/C19H21N2O3/c1-3-23-8-9-24-17-11-15-13(10-16(17)22-2)18-14(21-15)6-7-20-19(18)12-4-5-12/h6-7,10-12,21H,1,3-5,8-9H2,2H3. The van der Waals surface area contributed by atoms with Gasteiger partial charge in [0, 0.05) is 41.1 Å². The molecular formula is C19H21N2O3. The van der Waals surface area contributed by atoms with Crippen molar-refractivity contribution in [1.29, 1.82) is 0 Å². The van der Waals surface area contributed by atoms with Gasteiger partial charge in [0.1, 0.15) is 6.61 Å². The molecule has 1 aliphatic rings. The smallest absolute Gasteiger partial charge is 0.163 e. The molecule has 1 radical (unpaired) electrons. The van der Waals surface area contributed by atoms with Gasteiger partial charge in [-0.25, -0.2) is 0 Å². The molecule has 0 atom stereocenters. The lowest BCUT2D eigenvalue weighted by atomic mass is 10.1. The van der Waals surface area contributed by atoms with Crippen LogP contribution in [-0.4, -0.2) is 36.9 Å². The van der Waals surface area contributed by atoms with Crippen LogP contribution in [0.15, 0.2) is 24.4 Å². The third kappa shape index (κ3) is 2.69. The summed E-state index contributed by atoms with van der Waals surface area (Å²) < 4.78 is 16.6. The van der Waals surface area contributed by atoms with Crippen LogP contribution in [0.25, 0.3) is 21.8 Å². The zero-order valence-corrected chi connectivity index (χ0v) is 13.8. The number of methoxy groups -OCH3 is 1. The largest absolute Gasteiger partial charge is 0.493 e. The van der Waals surface area contributed by atoms with Crippen molar-refractivity contribution < 1.29 is 14.2 Å². The highest BCUT2D eigenvalue weighted by Crippen LogP contribution is 2.45. The Kier molecular flexibility index (Phi) is 4.02. The summed E-state index contributed by atoms with van der Waals surface area (Å²) in [5.74, 6) is 2.03. The molecule has 24 heavy (non-hydrogen) atoms. The molecule has 0 saturated heterocycles. The Hall–Kier alpha value is -2.27. The van der Waals surface area contributed by atoms with Crippen molar-refractivity contribution in [3.63, 3.8) is 0 Å². The molecule has 1 aromatic carbocycles. The van der Waals surface area contributed by atoms with Crippen LogP contribution in [0.4, 0.5) is 0 Å². The fourth-order valence-electron chi connectivity index (χ4n) is 3.13. The van der Waals surface area contributed by atoms with E-state index in [0.29, 0.717) is 31.5 Å². The lowest BCUT2D eigenvalue weighted by Crippen LogP contribution is -2.07. The first-order chi connectivity index (χ1) is 11.8. The first-order valence-corrected chi connectivity index (χ1v) is 8.30. The first-order valence-electron chi connectivity index (χ1n) is 8.30. The summed E-state index contributed by atoms with van der Waals surface area (Å²) in [4.78, 5) is 8.10. The number of ether oxygens (including phenoxy) is 3. The van der Waals surface area contributed by atoms with Gasteiger partial charge in [-0.2, -0.15) is 0 Å². The minimum absolute atomic E-state index is 0.443. The second kappa shape index (κ2) is 6.32. The number of fused-ring (bicyclic) bond motifs is 3. The number of benzene rings is 1. The third-order valence-corrected chi connectivity index (χ3v) is 4.42. The van der Waals surface area contributed by atoms with Crippen molar-refractivity contribution in [3.8, 4) is 11.5 Å². The average Bonchev–Trinajstić information content (AvgIpc) is 3.38. The van der Waals surface area contributed by atoms with Crippen LogP contribution in [0.2, 0.25) is 0 Å². The quantitative estimate of drug-likeness (QED) is 0.671. The highest BCUT2D eigenvalue weighted by molar-refractivity contribution is 6.09. The van der Waals surface area contributed by atoms with E-state index in [1.807, 2.05) is 24.4 Å². The van der Waals surface area contributed by atoms with Crippen LogP contribution in [0.5, 0.6) is 11.5 Å². The van der Waals surface area contributed by atoms with E-state index >= 15 is 0 Å². The van der Waals surface area contributed by atoms with E-state index in [1.165, 1.54) is 23.9 Å². The molecule has 2 heterocycles. The predicted molar refractivity (Wildman–Crippen MR) is 93.8 cm³/mol. The molecule has 0 unspecified atom stereocenters. The van der Waals surface area contributed by atoms with Crippen LogP contribution in [0.3, 0.4) is 0 Å². The summed E-state index contributed by atoms with van der Waals surface area (Å²) in [5, 5.41) is 2.35. The molecule has 5 heteroatoms. The Bertz CT molecular complexity index is 868. The molecule has 4 rings (SSSR count). The second-order valence-electron chi connectivity index (χ2n) is 6.03. The molecule has 1 aliphatic carbocycles. The normalized spacial score (nSPS) is 14.4. The maximum Gasteiger partial charge on any atom is 0.163 e. The van der Waals surface area contributed by atoms with Gasteiger partial charge in [0.2, 0.25) is 0 Å². The Labute approximate surface area is 140 Å². The summed E-state index contributed by atoms with van der Waals surface area (Å²) in [6.45, 7) is 5.06. The van der Waals surface area contributed by atoms with E-state index in [4.69, 9.17) is 14.2 Å². The Morgan fingerprint density at radius 2 is 2.08 bits per heavy atom. The van der Waals surface area contributed by atoms with E-state index < -0.39 is 0 Å². The number of rotatable bonds is 7. The number of nitrogens with zero attached hydrogens (tertiary/aromatic N) is 1. The van der Waals surface area contributed by atoms with Gasteiger partial charge in [0.05, 0.1) is 24.9 Å². The van der Waals surface area contributed by atoms with Crippen LogP contribution < -0.4 is 9.47 Å². The van der Waals surface area contributed by atoms with Gasteiger partial charge in [-0.1, -0.05) is 0 Å². The van der Waals surface area contributed by atoms with E-state index in [2.05, 4.69) is 16.9 Å². The van der Waals surface area contributed by atoms with Crippen molar-refractivity contribution in [2.45, 2.75) is 18.8 Å². The molecule has 3 aromatic rings. The van der Waals surface area contributed by atoms with Gasteiger partial charge in [-0.3, -0.25) is 4.98 Å². The molecule has 125 valence electrons. The first kappa shape index (κ1) is 15.3. The van der Waals surface area contributed by atoms with Crippen LogP contribution in [-0.2, 0) is 4.74 Å². The minimum Gasteiger partial charge on any atom is -0.493 e. The molecular weight excluding hydrogens is 304 g/mol. The lowest BCUT2D eigenvalue weighted by Gasteiger charge is -2.11. The van der Waals surface area contributed by atoms with Gasteiger partial charge in [-0.15, -0.1) is 0 Å². The lowest BCUT2D eigenvalue weighted by molar-refractivity contribution is 0.118. The van der Waals surface area contributed by atoms with Gasteiger partial charge >= 0.3 is 0 Å². The minimum atomic E-state index is 0.443. The predicted octanol–water partition coefficient (Wildman–Crippen LogP) is 3.83. The molecule has 0 bridgehead atoms. The second-order valence-corrected chi connectivity index (χ2v) is 6.03. The fraction of sp³-hybridized carbons (Fsp3) is 0.368. The Balaban J connectivity index is 1.77. The molecule has 5 nitrogen and oxygen atoms in total. The number of pyridine rings is 1. The molecule has 1 N–H and O–H groups in total. The zero-order chi connectivity index (χ0) is 16.5. The monoisotopic (exact) mass is 325 g/mol. The highest BCUT2D eigenvalue weighted by atomic mass is 16.5. The van der Waals surface area contributed by atoms with Crippen LogP contribution >= 0.6 is 0 Å². The Morgan fingerprint density at radius 1 is 1.21 bits per heavy atom. The molecule has 1 saturated carbocycles. The van der Waals surface area contributed by atoms with Gasteiger partial charge < -0.3 is 19.2 Å². The van der Waals surface area contributed by atoms with Gasteiger partial charge in [-0.05, 0) is 31.9 Å². The van der Waals surface area contributed by atoms with Crippen molar-refractivity contribution in [1.82, 2.24) is 9.97 Å². The van der Waals surface area contributed by atoms with Crippen molar-refractivity contribution in [2.24, 2.45) is 0 Å². The number of nitrogens with one attached hydrogen (secondary N) is 1. The summed E-state index contributed by atoms with van der Waals surface area (Å²) >= 11 is 0. The van der Waals surface area contributed by atoms with Crippen LogP contribution in [0, 0.1) is 6.92 Å². The van der Waals surface area contributed by atoms with E-state index in [1.54, 1.807) is 7.11 Å². The molecule has 1 fully saturated rings. The third-order valence-electron chi connectivity index (χ3n) is 4.42. The van der Waals surface area contributed by atoms with Crippen molar-refractivity contribution in [2.75, 3.05) is 26.9 Å². The summed E-state index contributed by atoms with van der Waals surface area (Å²) in [6.07, 6.45) is 4.34. The van der Waals surface area contributed by atoms with E-state index in [0.717, 1.165) is 22.2 Å². The van der Waals surface area contributed by atoms with Crippen molar-refractivity contribution >= 4 is 21.8 Å². The van der Waals surface area contributed by atoms with Gasteiger partial charge in [0.25, 0.3) is 0 Å². The maximum atomic E-state index is 5.81. The fourth-order valence-corrected chi connectivity index (χ4v) is 3.13. The zero-order valence-electron chi connectivity index (χ0n) is 13.8. The molecule has 0 aliphatic heterocycles. The van der Waals surface area contributed by atoms with Crippen LogP contribution in [0.1, 0.15) is 24.5 Å². The van der Waals surface area contributed by atoms with E-state index in [-0.39, 0.29) is 0 Å². The molecule has 0 amide bonds. The topological polar surface area (TPSA) is 56.4 Å². The van der Waals surface area contributed by atoms with E-state index in [9.17, 15) is 0 Å². The average molecular weight is 325 g/mol. The molecule has 0 spiro atoms. The summed E-state index contributed by atoms with van der Waals surface area (Å²) in [7, 11) is 1.66. The van der Waals surface area contributed by atoms with Crippen molar-refractivity contribution in [3.05, 3.63) is 37.0 Å². The van der Waals surface area contributed by atoms with Gasteiger partial charge in [0.15, 0.2) is 11.5 Å². The number of aromatic nitrogens is 2. The molecule has 2 aromatic heterocycles. The summed E-state index contributed by atoms with van der Waals surface area (Å²) in [5.41, 5.74) is 3.34. The summed E-state index contributed by atoms with van der Waals surface area (Å²) in [6, 6.07) is 6.06. The Morgan fingerprint density at radius 3 is 2.83 bits per heavy atom. The number of H-pyrrole nitrogens is 1. The SMILES string of the molecule is [CH2]COCCOc1cc2[nH]c3ccnc(C4CC4)c3c2cc1OC. The number of aromatic amines is 1. The number of hydrogen-bond acceptors (Lipinski definition) is 4. The maximum absolute atomic E-state index is 5.81. The highest BCUT2D eigenvalue weighted by Gasteiger charge is 2.28. The number of hydrogen-bond donors (Lipinski definition) is 1.